The van der Waals surface area contributed by atoms with Gasteiger partial charge in [0.1, 0.15) is 0 Å². The molecule has 0 amide bonds. The lowest BCUT2D eigenvalue weighted by Crippen LogP contribution is -2.27. The normalized spacial score (nSPS) is 22.3. The van der Waals surface area contributed by atoms with Gasteiger partial charge in [0.2, 0.25) is 0 Å². The summed E-state index contributed by atoms with van der Waals surface area (Å²) in [6.07, 6.45) is 4.37. The average Bonchev–Trinajstić information content (AvgIpc) is 2.28. The van der Waals surface area contributed by atoms with E-state index in [1.165, 1.54) is 24.6 Å². The van der Waals surface area contributed by atoms with E-state index in [1.807, 2.05) is 21.6 Å². The Balaban J connectivity index is 2.19. The van der Waals surface area contributed by atoms with Gasteiger partial charge in [0.25, 0.3) is 0 Å². The number of hydrogen-bond donors (Lipinski definition) is 0. The summed E-state index contributed by atoms with van der Waals surface area (Å²) < 4.78 is 0. The Bertz CT molecular complexity index is 117. The van der Waals surface area contributed by atoms with Crippen molar-refractivity contribution in [3.05, 3.63) is 12.2 Å². The highest BCUT2D eigenvalue weighted by molar-refractivity contribution is 8.76. The molecule has 0 bridgehead atoms. The molecular weight excluding hydrogens is 174 g/mol. The van der Waals surface area contributed by atoms with Crippen LogP contribution in [0.4, 0.5) is 0 Å². The van der Waals surface area contributed by atoms with Crippen molar-refractivity contribution >= 4 is 21.6 Å². The van der Waals surface area contributed by atoms with Crippen molar-refractivity contribution in [2.75, 3.05) is 31.1 Å². The summed E-state index contributed by atoms with van der Waals surface area (Å²) in [6, 6.07) is 0. The molecule has 11 heavy (non-hydrogen) atoms. The maximum Gasteiger partial charge on any atom is 0.0165 e. The average molecular weight is 189 g/mol. The van der Waals surface area contributed by atoms with Gasteiger partial charge in [-0.05, 0) is 6.92 Å². The molecule has 0 aliphatic carbocycles. The van der Waals surface area contributed by atoms with Gasteiger partial charge < -0.3 is 0 Å². The van der Waals surface area contributed by atoms with E-state index in [9.17, 15) is 0 Å². The lowest BCUT2D eigenvalue weighted by Gasteiger charge is -2.15. The molecule has 0 aromatic rings. The van der Waals surface area contributed by atoms with Crippen LogP contribution in [0.25, 0.3) is 0 Å². The van der Waals surface area contributed by atoms with E-state index in [2.05, 4.69) is 24.0 Å². The molecule has 64 valence electrons. The van der Waals surface area contributed by atoms with Crippen LogP contribution in [0.5, 0.6) is 0 Å². The highest BCUT2D eigenvalue weighted by Crippen LogP contribution is 2.23. The quantitative estimate of drug-likeness (QED) is 0.484. The Morgan fingerprint density at radius 2 is 1.91 bits per heavy atom. The minimum atomic E-state index is 1.14. The molecule has 1 rings (SSSR count). The number of hydrogen-bond acceptors (Lipinski definition) is 3. The molecular formula is C8H15NS2. The van der Waals surface area contributed by atoms with Gasteiger partial charge in [-0.2, -0.15) is 0 Å². The highest BCUT2D eigenvalue weighted by atomic mass is 33.1. The van der Waals surface area contributed by atoms with E-state index in [1.54, 1.807) is 0 Å². The highest BCUT2D eigenvalue weighted by Gasteiger charge is 2.06. The summed E-state index contributed by atoms with van der Waals surface area (Å²) in [5.41, 5.74) is 0. The summed E-state index contributed by atoms with van der Waals surface area (Å²) in [5, 5.41) is 0. The van der Waals surface area contributed by atoms with Gasteiger partial charge in [0, 0.05) is 31.1 Å². The van der Waals surface area contributed by atoms with Gasteiger partial charge in [0.15, 0.2) is 0 Å². The van der Waals surface area contributed by atoms with Crippen LogP contribution in [-0.4, -0.2) is 36.0 Å². The molecule has 1 nitrogen and oxygen atoms in total. The summed E-state index contributed by atoms with van der Waals surface area (Å²) in [4.78, 5) is 2.51. The lowest BCUT2D eigenvalue weighted by molar-refractivity contribution is 0.344. The maximum atomic E-state index is 2.51. The molecule has 0 aromatic heterocycles. The van der Waals surface area contributed by atoms with E-state index < -0.39 is 0 Å². The van der Waals surface area contributed by atoms with E-state index in [4.69, 9.17) is 0 Å². The predicted octanol–water partition coefficient (Wildman–Crippen LogP) is 2.26. The third kappa shape index (κ3) is 4.09. The molecule has 1 heterocycles. The molecule has 0 spiro atoms. The van der Waals surface area contributed by atoms with E-state index in [0.29, 0.717) is 0 Å². The van der Waals surface area contributed by atoms with Crippen LogP contribution in [0, 0.1) is 0 Å². The molecule has 0 atom stereocenters. The summed E-state index contributed by atoms with van der Waals surface area (Å²) in [7, 11) is 4.01. The first kappa shape index (κ1) is 9.49. The Morgan fingerprint density at radius 1 is 1.27 bits per heavy atom. The first-order valence-corrected chi connectivity index (χ1v) is 6.50. The second-order valence-corrected chi connectivity index (χ2v) is 5.22. The summed E-state index contributed by atoms with van der Waals surface area (Å²) >= 11 is 0. The van der Waals surface area contributed by atoms with Gasteiger partial charge in [-0.15, -0.1) is 0 Å². The van der Waals surface area contributed by atoms with Gasteiger partial charge >= 0.3 is 0 Å². The van der Waals surface area contributed by atoms with E-state index in [0.717, 1.165) is 6.54 Å². The standard InChI is InChI=1S/C8H15NS2/c1-2-3-4-9-5-7-10-11-8-6-9/h2-3H,4-8H2,1H3/b3-2+. The number of allylic oxidation sites excluding steroid dienone is 1. The number of nitrogens with zero attached hydrogens (tertiary/aromatic N) is 1. The fraction of sp³-hybridized carbons (Fsp3) is 0.750. The Morgan fingerprint density at radius 3 is 2.45 bits per heavy atom. The van der Waals surface area contributed by atoms with E-state index >= 15 is 0 Å². The van der Waals surface area contributed by atoms with Crippen molar-refractivity contribution in [3.8, 4) is 0 Å². The molecule has 0 aromatic carbocycles. The van der Waals surface area contributed by atoms with Crippen LogP contribution in [0.3, 0.4) is 0 Å². The minimum absolute atomic E-state index is 1.14. The van der Waals surface area contributed by atoms with Gasteiger partial charge in [-0.25, -0.2) is 0 Å². The van der Waals surface area contributed by atoms with Crippen molar-refractivity contribution < 1.29 is 0 Å². The Hall–Kier alpha value is 0.400. The summed E-state index contributed by atoms with van der Waals surface area (Å²) in [6.45, 7) is 5.73. The third-order valence-electron chi connectivity index (χ3n) is 1.66. The smallest absolute Gasteiger partial charge is 0.0165 e. The van der Waals surface area contributed by atoms with Crippen LogP contribution in [0.1, 0.15) is 6.92 Å². The predicted molar refractivity (Wildman–Crippen MR) is 56.2 cm³/mol. The third-order valence-corrected chi connectivity index (χ3v) is 4.03. The first-order valence-electron chi connectivity index (χ1n) is 4.01. The van der Waals surface area contributed by atoms with Gasteiger partial charge in [-0.3, -0.25) is 4.90 Å². The van der Waals surface area contributed by atoms with Crippen molar-refractivity contribution in [2.24, 2.45) is 0 Å². The van der Waals surface area contributed by atoms with Crippen LogP contribution in [0.15, 0.2) is 12.2 Å². The molecule has 0 N–H and O–H groups in total. The SMILES string of the molecule is C/C=C/CN1CCSSCC1. The van der Waals surface area contributed by atoms with E-state index in [-0.39, 0.29) is 0 Å². The van der Waals surface area contributed by atoms with Crippen LogP contribution < -0.4 is 0 Å². The second kappa shape index (κ2) is 5.98. The molecule has 1 aliphatic rings. The van der Waals surface area contributed by atoms with Crippen molar-refractivity contribution in [1.82, 2.24) is 4.90 Å². The first-order chi connectivity index (χ1) is 5.43. The molecule has 1 aliphatic heterocycles. The zero-order valence-electron chi connectivity index (χ0n) is 6.95. The number of rotatable bonds is 2. The zero-order valence-corrected chi connectivity index (χ0v) is 8.59. The zero-order chi connectivity index (χ0) is 7.94. The molecule has 1 fully saturated rings. The Labute approximate surface area is 77.0 Å². The Kier molecular flexibility index (Phi) is 5.15. The van der Waals surface area contributed by atoms with Gasteiger partial charge in [0.05, 0.1) is 0 Å². The van der Waals surface area contributed by atoms with Crippen LogP contribution >= 0.6 is 21.6 Å². The lowest BCUT2D eigenvalue weighted by atomic mass is 10.4. The fourth-order valence-electron chi connectivity index (χ4n) is 0.999. The topological polar surface area (TPSA) is 3.24 Å². The van der Waals surface area contributed by atoms with Crippen LogP contribution in [-0.2, 0) is 0 Å². The molecule has 0 radical (unpaired) electrons. The molecule has 0 unspecified atom stereocenters. The minimum Gasteiger partial charge on any atom is -0.298 e. The monoisotopic (exact) mass is 189 g/mol. The van der Waals surface area contributed by atoms with Crippen molar-refractivity contribution in [1.29, 1.82) is 0 Å². The maximum absolute atomic E-state index is 2.51. The van der Waals surface area contributed by atoms with Gasteiger partial charge in [-0.1, -0.05) is 33.7 Å². The van der Waals surface area contributed by atoms with Crippen molar-refractivity contribution in [3.63, 3.8) is 0 Å². The molecule has 3 heteroatoms. The molecule has 0 saturated carbocycles. The fourth-order valence-corrected chi connectivity index (χ4v) is 3.05. The van der Waals surface area contributed by atoms with Crippen LogP contribution in [0.2, 0.25) is 0 Å². The second-order valence-electron chi connectivity index (χ2n) is 2.51. The summed E-state index contributed by atoms with van der Waals surface area (Å²) in [5.74, 6) is 2.56. The van der Waals surface area contributed by atoms with Crippen molar-refractivity contribution in [2.45, 2.75) is 6.92 Å². The largest absolute Gasteiger partial charge is 0.298 e. The molecule has 1 saturated heterocycles.